The van der Waals surface area contributed by atoms with Crippen molar-refractivity contribution in [3.8, 4) is 6.01 Å². The zero-order chi connectivity index (χ0) is 12.8. The lowest BCUT2D eigenvalue weighted by Crippen LogP contribution is -2.29. The molecule has 1 aromatic heterocycles. The van der Waals surface area contributed by atoms with Gasteiger partial charge in [0.05, 0.1) is 12.8 Å². The first kappa shape index (κ1) is 13.5. The maximum Gasteiger partial charge on any atom is 0.329 e. The zero-order valence-corrected chi connectivity index (χ0v) is 11.0. The summed E-state index contributed by atoms with van der Waals surface area (Å²) < 4.78 is 6.48. The molecule has 96 valence electrons. The molecule has 1 amide bonds. The maximum absolute atomic E-state index is 11.9. The summed E-state index contributed by atoms with van der Waals surface area (Å²) in [5.41, 5.74) is 0.848. The molecule has 1 N–H and O–H groups in total. The van der Waals surface area contributed by atoms with Crippen molar-refractivity contribution in [2.45, 2.75) is 33.6 Å². The summed E-state index contributed by atoms with van der Waals surface area (Å²) in [6.07, 6.45) is 3.45. The van der Waals surface area contributed by atoms with Gasteiger partial charge in [0, 0.05) is 12.7 Å². The van der Waals surface area contributed by atoms with Crippen molar-refractivity contribution in [1.29, 1.82) is 0 Å². The van der Waals surface area contributed by atoms with Crippen LogP contribution in [0.4, 0.5) is 4.79 Å². The number of carbonyl (C=O) groups is 1. The minimum Gasteiger partial charge on any atom is -0.468 e. The molecule has 0 bridgehead atoms. The fraction of sp³-hybridized carbons (Fsp3) is 0.667. The third kappa shape index (κ3) is 3.76. The van der Waals surface area contributed by atoms with Crippen molar-refractivity contribution in [2.75, 3.05) is 13.7 Å². The summed E-state index contributed by atoms with van der Waals surface area (Å²) in [6.45, 7) is 6.90. The molecule has 0 aliphatic rings. The molecule has 0 fully saturated rings. The van der Waals surface area contributed by atoms with Crippen molar-refractivity contribution >= 4 is 6.03 Å². The van der Waals surface area contributed by atoms with E-state index in [0.717, 1.165) is 18.5 Å². The molecule has 0 atom stereocenters. The van der Waals surface area contributed by atoms with E-state index in [9.17, 15) is 4.79 Å². The van der Waals surface area contributed by atoms with Crippen LogP contribution in [0.3, 0.4) is 0 Å². The van der Waals surface area contributed by atoms with Crippen LogP contribution >= 0.6 is 0 Å². The molecule has 0 spiro atoms. The maximum atomic E-state index is 11.9. The number of aromatic nitrogens is 2. The van der Waals surface area contributed by atoms with Crippen LogP contribution in [0, 0.1) is 5.92 Å². The summed E-state index contributed by atoms with van der Waals surface area (Å²) in [6, 6.07) is 0.151. The van der Waals surface area contributed by atoms with E-state index in [2.05, 4.69) is 24.1 Å². The Morgan fingerprint density at radius 2 is 2.29 bits per heavy atom. The van der Waals surface area contributed by atoms with Gasteiger partial charge >= 0.3 is 12.0 Å². The molecule has 5 heteroatoms. The van der Waals surface area contributed by atoms with Gasteiger partial charge in [-0.05, 0) is 18.8 Å². The predicted octanol–water partition coefficient (Wildman–Crippen LogP) is 2.06. The number of hydrogen-bond donors (Lipinski definition) is 1. The first-order chi connectivity index (χ1) is 8.08. The van der Waals surface area contributed by atoms with Gasteiger partial charge in [-0.1, -0.05) is 20.8 Å². The lowest BCUT2D eigenvalue weighted by atomic mass is 10.1. The van der Waals surface area contributed by atoms with Crippen molar-refractivity contribution in [3.63, 3.8) is 0 Å². The molecule has 0 aliphatic carbocycles. The van der Waals surface area contributed by atoms with Crippen LogP contribution in [0.2, 0.25) is 0 Å². The number of hydrogen-bond acceptors (Lipinski definition) is 3. The second-order valence-electron chi connectivity index (χ2n) is 4.36. The Balaban J connectivity index is 2.64. The molecule has 0 saturated heterocycles. The summed E-state index contributed by atoms with van der Waals surface area (Å²) in [4.78, 5) is 16.1. The molecule has 0 aliphatic heterocycles. The summed E-state index contributed by atoms with van der Waals surface area (Å²) in [7, 11) is 1.51. The number of methoxy groups -OCH3 is 1. The number of carbonyl (C=O) groups excluding carboxylic acids is 1. The van der Waals surface area contributed by atoms with Crippen LogP contribution in [0.5, 0.6) is 6.01 Å². The van der Waals surface area contributed by atoms with Gasteiger partial charge in [-0.3, -0.25) is 0 Å². The number of aryl methyl sites for hydroxylation is 1. The molecule has 1 heterocycles. The smallest absolute Gasteiger partial charge is 0.329 e. The lowest BCUT2D eigenvalue weighted by molar-refractivity contribution is 0.237. The average Bonchev–Trinajstić information content (AvgIpc) is 2.71. The third-order valence-corrected chi connectivity index (χ3v) is 2.48. The van der Waals surface area contributed by atoms with Gasteiger partial charge in [0.25, 0.3) is 0 Å². The molecule has 0 radical (unpaired) electrons. The van der Waals surface area contributed by atoms with Crippen molar-refractivity contribution in [3.05, 3.63) is 11.9 Å². The molecule has 1 rings (SSSR count). The molecule has 5 nitrogen and oxygen atoms in total. The van der Waals surface area contributed by atoms with Crippen LogP contribution in [-0.2, 0) is 6.42 Å². The van der Waals surface area contributed by atoms with Crippen molar-refractivity contribution in [1.82, 2.24) is 14.9 Å². The number of nitrogens with one attached hydrogen (secondary N) is 1. The van der Waals surface area contributed by atoms with E-state index in [1.165, 1.54) is 11.7 Å². The highest BCUT2D eigenvalue weighted by molar-refractivity contribution is 5.78. The number of nitrogens with zero attached hydrogens (tertiary/aromatic N) is 2. The van der Waals surface area contributed by atoms with Gasteiger partial charge in [0.15, 0.2) is 0 Å². The Kier molecular flexibility index (Phi) is 5.00. The lowest BCUT2D eigenvalue weighted by Gasteiger charge is -2.08. The van der Waals surface area contributed by atoms with Crippen LogP contribution in [-0.4, -0.2) is 29.2 Å². The van der Waals surface area contributed by atoms with Crippen molar-refractivity contribution in [2.24, 2.45) is 5.92 Å². The van der Waals surface area contributed by atoms with Gasteiger partial charge in [-0.2, -0.15) is 4.98 Å². The van der Waals surface area contributed by atoms with Gasteiger partial charge in [-0.15, -0.1) is 0 Å². The fourth-order valence-electron chi connectivity index (χ4n) is 1.42. The number of ether oxygens (including phenoxy) is 1. The van der Waals surface area contributed by atoms with Crippen LogP contribution in [0.15, 0.2) is 6.20 Å². The van der Waals surface area contributed by atoms with Gasteiger partial charge < -0.3 is 10.1 Å². The molecule has 1 aromatic rings. The Morgan fingerprint density at radius 1 is 1.59 bits per heavy atom. The van der Waals surface area contributed by atoms with E-state index in [1.54, 1.807) is 6.20 Å². The largest absolute Gasteiger partial charge is 0.468 e. The molecule has 0 aromatic carbocycles. The second-order valence-corrected chi connectivity index (χ2v) is 4.36. The quantitative estimate of drug-likeness (QED) is 0.855. The van der Waals surface area contributed by atoms with Crippen LogP contribution in [0.1, 0.15) is 32.9 Å². The third-order valence-electron chi connectivity index (χ3n) is 2.48. The van der Waals surface area contributed by atoms with Crippen LogP contribution < -0.4 is 10.1 Å². The Bertz CT molecular complexity index is 372. The average molecular weight is 239 g/mol. The van der Waals surface area contributed by atoms with E-state index in [-0.39, 0.29) is 6.03 Å². The second kappa shape index (κ2) is 6.27. The highest BCUT2D eigenvalue weighted by atomic mass is 16.5. The first-order valence-electron chi connectivity index (χ1n) is 5.98. The number of rotatable bonds is 5. The monoisotopic (exact) mass is 239 g/mol. The Labute approximate surface area is 102 Å². The summed E-state index contributed by atoms with van der Waals surface area (Å²) in [5, 5.41) is 2.85. The Hall–Kier alpha value is -1.52. The topological polar surface area (TPSA) is 56.2 Å². The molecule has 17 heavy (non-hydrogen) atoms. The normalized spacial score (nSPS) is 10.6. The van der Waals surface area contributed by atoms with Crippen molar-refractivity contribution < 1.29 is 9.53 Å². The number of imidazole rings is 1. The van der Waals surface area contributed by atoms with Gasteiger partial charge in [0.1, 0.15) is 0 Å². The Morgan fingerprint density at radius 3 is 2.82 bits per heavy atom. The highest BCUT2D eigenvalue weighted by Gasteiger charge is 2.13. The fourth-order valence-corrected chi connectivity index (χ4v) is 1.42. The summed E-state index contributed by atoms with van der Waals surface area (Å²) in [5.74, 6) is 0.575. The van der Waals surface area contributed by atoms with E-state index in [0.29, 0.717) is 18.5 Å². The molecular weight excluding hydrogens is 218 g/mol. The zero-order valence-electron chi connectivity index (χ0n) is 11.0. The standard InChI is InChI=1S/C12H21N3O2/c1-5-10-8-15(12(14-10)17-4)11(16)13-7-6-9(2)3/h8-9H,5-7H2,1-4H3,(H,13,16). The van der Waals surface area contributed by atoms with Gasteiger partial charge in [0.2, 0.25) is 0 Å². The first-order valence-corrected chi connectivity index (χ1v) is 5.98. The van der Waals surface area contributed by atoms with E-state index in [4.69, 9.17) is 4.74 Å². The minimum absolute atomic E-state index is 0.185. The number of amides is 1. The van der Waals surface area contributed by atoms with E-state index in [1.807, 2.05) is 6.92 Å². The van der Waals surface area contributed by atoms with Gasteiger partial charge in [-0.25, -0.2) is 9.36 Å². The minimum atomic E-state index is -0.185. The van der Waals surface area contributed by atoms with E-state index < -0.39 is 0 Å². The predicted molar refractivity (Wildman–Crippen MR) is 66.4 cm³/mol. The van der Waals surface area contributed by atoms with E-state index >= 15 is 0 Å². The molecule has 0 unspecified atom stereocenters. The summed E-state index contributed by atoms with van der Waals surface area (Å²) >= 11 is 0. The highest BCUT2D eigenvalue weighted by Crippen LogP contribution is 2.11. The SMILES string of the molecule is CCc1cn(C(=O)NCCC(C)C)c(OC)n1. The molecule has 0 saturated carbocycles. The van der Waals surface area contributed by atoms with Crippen LogP contribution in [0.25, 0.3) is 0 Å². The molecular formula is C12H21N3O2.